The predicted octanol–water partition coefficient (Wildman–Crippen LogP) is 2.37. The number of hydrogen-bond donors (Lipinski definition) is 1. The van der Waals surface area contributed by atoms with Crippen LogP contribution >= 0.6 is 0 Å². The number of nitrogens with zero attached hydrogens (tertiary/aromatic N) is 1. The molecule has 0 saturated heterocycles. The molecule has 0 spiro atoms. The van der Waals surface area contributed by atoms with Gasteiger partial charge in [0.15, 0.2) is 0 Å². The van der Waals surface area contributed by atoms with Gasteiger partial charge in [-0.3, -0.25) is 4.79 Å². The van der Waals surface area contributed by atoms with Gasteiger partial charge in [0.1, 0.15) is 0 Å². The first-order valence-corrected chi connectivity index (χ1v) is 9.31. The van der Waals surface area contributed by atoms with Crippen LogP contribution in [0.25, 0.3) is 0 Å². The minimum atomic E-state index is -3.54. The molecule has 0 radical (unpaired) electrons. The molecule has 0 aliphatic heterocycles. The minimum absolute atomic E-state index is 0.109. The Kier molecular flexibility index (Phi) is 6.12. The molecule has 0 heterocycles. The third-order valence-corrected chi connectivity index (χ3v) is 5.38. The van der Waals surface area contributed by atoms with Crippen molar-refractivity contribution in [1.82, 2.24) is 4.31 Å². The molecule has 0 aliphatic rings. The van der Waals surface area contributed by atoms with Crippen molar-refractivity contribution in [1.29, 1.82) is 0 Å². The van der Waals surface area contributed by atoms with Gasteiger partial charge in [0.05, 0.1) is 17.1 Å². The Morgan fingerprint density at radius 1 is 0.962 bits per heavy atom. The van der Waals surface area contributed by atoms with Gasteiger partial charge in [-0.1, -0.05) is 0 Å². The molecule has 0 fully saturated rings. The molecule has 2 rings (SSSR count). The molecule has 1 N–H and O–H groups in total. The van der Waals surface area contributed by atoms with Crippen LogP contribution in [0.4, 0.5) is 5.69 Å². The maximum Gasteiger partial charge on any atom is 0.338 e. The molecular weight excluding hydrogens is 356 g/mol. The summed E-state index contributed by atoms with van der Waals surface area (Å²) in [5, 5.41) is 2.69. The van der Waals surface area contributed by atoms with Crippen LogP contribution in [0.1, 0.15) is 27.6 Å². The van der Waals surface area contributed by atoms with Crippen molar-refractivity contribution in [2.45, 2.75) is 11.8 Å². The molecule has 0 bridgehead atoms. The van der Waals surface area contributed by atoms with E-state index in [1.165, 1.54) is 38.4 Å². The summed E-state index contributed by atoms with van der Waals surface area (Å²) in [6.45, 7) is 2.01. The van der Waals surface area contributed by atoms with Crippen LogP contribution < -0.4 is 5.32 Å². The average Bonchev–Trinajstić information content (AvgIpc) is 2.62. The SMILES string of the molecule is CCOC(=O)c1ccc(NC(=O)c2ccc(S(=O)(=O)N(C)C)cc2)cc1. The Hall–Kier alpha value is -2.71. The maximum absolute atomic E-state index is 12.3. The summed E-state index contributed by atoms with van der Waals surface area (Å²) in [4.78, 5) is 24.0. The van der Waals surface area contributed by atoms with Gasteiger partial charge in [-0.15, -0.1) is 0 Å². The Labute approximate surface area is 152 Å². The number of carbonyl (C=O) groups is 2. The molecule has 26 heavy (non-hydrogen) atoms. The third kappa shape index (κ3) is 4.47. The van der Waals surface area contributed by atoms with Gasteiger partial charge in [-0.2, -0.15) is 0 Å². The zero-order chi connectivity index (χ0) is 19.3. The van der Waals surface area contributed by atoms with Crippen LogP contribution in [0.3, 0.4) is 0 Å². The lowest BCUT2D eigenvalue weighted by Crippen LogP contribution is -2.22. The van der Waals surface area contributed by atoms with Crippen molar-refractivity contribution in [3.05, 3.63) is 59.7 Å². The molecule has 0 unspecified atom stereocenters. The first-order chi connectivity index (χ1) is 12.3. The average molecular weight is 376 g/mol. The van der Waals surface area contributed by atoms with Crippen molar-refractivity contribution in [3.8, 4) is 0 Å². The Morgan fingerprint density at radius 2 is 1.50 bits per heavy atom. The Morgan fingerprint density at radius 3 is 2.00 bits per heavy atom. The standard InChI is InChI=1S/C18H20N2O5S/c1-4-25-18(22)14-5-9-15(10-6-14)19-17(21)13-7-11-16(12-8-13)26(23,24)20(2)3/h5-12H,4H2,1-3H3,(H,19,21). The predicted molar refractivity (Wildman–Crippen MR) is 97.7 cm³/mol. The van der Waals surface area contributed by atoms with E-state index in [4.69, 9.17) is 4.74 Å². The highest BCUT2D eigenvalue weighted by Crippen LogP contribution is 2.16. The number of ether oxygens (including phenoxy) is 1. The molecular formula is C18H20N2O5S. The first kappa shape index (κ1) is 19.6. The van der Waals surface area contributed by atoms with E-state index < -0.39 is 16.0 Å². The lowest BCUT2D eigenvalue weighted by Gasteiger charge is -2.11. The number of esters is 1. The number of sulfonamides is 1. The van der Waals surface area contributed by atoms with Crippen LogP contribution in [-0.2, 0) is 14.8 Å². The summed E-state index contributed by atoms with van der Waals surface area (Å²) in [6, 6.07) is 11.9. The minimum Gasteiger partial charge on any atom is -0.462 e. The van der Waals surface area contributed by atoms with E-state index in [0.29, 0.717) is 16.8 Å². The van der Waals surface area contributed by atoms with E-state index in [9.17, 15) is 18.0 Å². The summed E-state index contributed by atoms with van der Waals surface area (Å²) in [6.07, 6.45) is 0. The van der Waals surface area contributed by atoms with E-state index >= 15 is 0 Å². The van der Waals surface area contributed by atoms with Crippen molar-refractivity contribution in [2.75, 3.05) is 26.0 Å². The van der Waals surface area contributed by atoms with E-state index in [1.54, 1.807) is 31.2 Å². The highest BCUT2D eigenvalue weighted by atomic mass is 32.2. The molecule has 0 aliphatic carbocycles. The number of carbonyl (C=O) groups excluding carboxylic acids is 2. The summed E-state index contributed by atoms with van der Waals surface area (Å²) in [5.74, 6) is -0.814. The molecule has 7 nitrogen and oxygen atoms in total. The van der Waals surface area contributed by atoms with Crippen molar-refractivity contribution < 1.29 is 22.7 Å². The third-order valence-electron chi connectivity index (χ3n) is 3.55. The van der Waals surface area contributed by atoms with Crippen LogP contribution in [0.5, 0.6) is 0 Å². The van der Waals surface area contributed by atoms with Gasteiger partial charge >= 0.3 is 5.97 Å². The number of rotatable bonds is 6. The zero-order valence-corrected chi connectivity index (χ0v) is 15.5. The topological polar surface area (TPSA) is 92.8 Å². The number of nitrogens with one attached hydrogen (secondary N) is 1. The van der Waals surface area contributed by atoms with E-state index in [1.807, 2.05) is 0 Å². The highest BCUT2D eigenvalue weighted by molar-refractivity contribution is 7.89. The van der Waals surface area contributed by atoms with Crippen LogP contribution in [0.15, 0.2) is 53.4 Å². The summed E-state index contributed by atoms with van der Waals surface area (Å²) in [7, 11) is -0.657. The first-order valence-electron chi connectivity index (χ1n) is 7.87. The van der Waals surface area contributed by atoms with Crippen molar-refractivity contribution in [2.24, 2.45) is 0 Å². The van der Waals surface area contributed by atoms with Crippen molar-refractivity contribution in [3.63, 3.8) is 0 Å². The molecule has 2 aromatic rings. The molecule has 0 atom stereocenters. The summed E-state index contributed by atoms with van der Waals surface area (Å²) >= 11 is 0. The molecule has 0 aromatic heterocycles. The number of anilines is 1. The molecule has 2 aromatic carbocycles. The zero-order valence-electron chi connectivity index (χ0n) is 14.7. The number of benzene rings is 2. The smallest absolute Gasteiger partial charge is 0.338 e. The van der Waals surface area contributed by atoms with Crippen LogP contribution in [0.2, 0.25) is 0 Å². The molecule has 138 valence electrons. The van der Waals surface area contributed by atoms with Gasteiger partial charge in [-0.25, -0.2) is 17.5 Å². The molecule has 0 saturated carbocycles. The maximum atomic E-state index is 12.3. The quantitative estimate of drug-likeness (QED) is 0.782. The monoisotopic (exact) mass is 376 g/mol. The molecule has 1 amide bonds. The second kappa shape index (κ2) is 8.11. The summed E-state index contributed by atoms with van der Waals surface area (Å²) in [5.41, 5.74) is 1.22. The second-order valence-corrected chi connectivity index (χ2v) is 7.72. The van der Waals surface area contributed by atoms with Gasteiger partial charge in [0.2, 0.25) is 10.0 Å². The van der Waals surface area contributed by atoms with Crippen LogP contribution in [-0.4, -0.2) is 45.3 Å². The fourth-order valence-electron chi connectivity index (χ4n) is 2.10. The highest BCUT2D eigenvalue weighted by Gasteiger charge is 2.17. The normalized spacial score (nSPS) is 11.2. The molecule has 8 heteroatoms. The fraction of sp³-hybridized carbons (Fsp3) is 0.222. The summed E-state index contributed by atoms with van der Waals surface area (Å²) < 4.78 is 30.0. The Bertz CT molecular complexity index is 888. The van der Waals surface area contributed by atoms with Crippen molar-refractivity contribution >= 4 is 27.6 Å². The van der Waals surface area contributed by atoms with E-state index in [0.717, 1.165) is 4.31 Å². The van der Waals surface area contributed by atoms with Gasteiger partial charge < -0.3 is 10.1 Å². The van der Waals surface area contributed by atoms with Crippen LogP contribution in [0, 0.1) is 0 Å². The number of amides is 1. The largest absolute Gasteiger partial charge is 0.462 e. The fourth-order valence-corrected chi connectivity index (χ4v) is 3.00. The van der Waals surface area contributed by atoms with Gasteiger partial charge in [0, 0.05) is 25.3 Å². The lowest BCUT2D eigenvalue weighted by atomic mass is 10.2. The lowest BCUT2D eigenvalue weighted by molar-refractivity contribution is 0.0526. The van der Waals surface area contributed by atoms with E-state index in [-0.39, 0.29) is 17.4 Å². The van der Waals surface area contributed by atoms with E-state index in [2.05, 4.69) is 5.32 Å². The Balaban J connectivity index is 2.09. The second-order valence-electron chi connectivity index (χ2n) is 5.56. The van der Waals surface area contributed by atoms with Gasteiger partial charge in [-0.05, 0) is 55.5 Å². The van der Waals surface area contributed by atoms with Gasteiger partial charge in [0.25, 0.3) is 5.91 Å². The number of hydrogen-bond acceptors (Lipinski definition) is 5.